The van der Waals surface area contributed by atoms with Gasteiger partial charge in [0.15, 0.2) is 0 Å². The third kappa shape index (κ3) is 5.73. The summed E-state index contributed by atoms with van der Waals surface area (Å²) in [7, 11) is 1.67. The van der Waals surface area contributed by atoms with E-state index in [4.69, 9.17) is 14.2 Å². The van der Waals surface area contributed by atoms with E-state index in [0.717, 1.165) is 43.2 Å². The van der Waals surface area contributed by atoms with Gasteiger partial charge in [-0.25, -0.2) is 9.59 Å². The Morgan fingerprint density at radius 2 is 1.81 bits per heavy atom. The fourth-order valence-electron chi connectivity index (χ4n) is 4.63. The number of esters is 1. The van der Waals surface area contributed by atoms with Gasteiger partial charge in [0.1, 0.15) is 11.5 Å². The van der Waals surface area contributed by atoms with Gasteiger partial charge >= 0.3 is 12.0 Å². The molecule has 2 aromatic rings. The van der Waals surface area contributed by atoms with Crippen molar-refractivity contribution in [3.8, 4) is 11.5 Å². The van der Waals surface area contributed by atoms with Crippen molar-refractivity contribution >= 4 is 17.7 Å². The number of benzene rings is 2. The van der Waals surface area contributed by atoms with Crippen LogP contribution in [-0.4, -0.2) is 69.9 Å². The van der Waals surface area contributed by atoms with Gasteiger partial charge in [-0.2, -0.15) is 0 Å². The molecule has 2 amide bonds. The van der Waals surface area contributed by atoms with Gasteiger partial charge in [0.2, 0.25) is 0 Å². The third-order valence-corrected chi connectivity index (χ3v) is 6.35. The van der Waals surface area contributed by atoms with E-state index in [2.05, 4.69) is 26.5 Å². The number of hydrogen-bond acceptors (Lipinski definition) is 7. The predicted molar refractivity (Wildman–Crippen MR) is 137 cm³/mol. The Morgan fingerprint density at radius 3 is 2.53 bits per heavy atom. The largest absolute Gasteiger partial charge is 0.497 e. The first-order valence-electron chi connectivity index (χ1n) is 12.3. The van der Waals surface area contributed by atoms with Crippen LogP contribution in [0.3, 0.4) is 0 Å². The second-order valence-corrected chi connectivity index (χ2v) is 8.58. The Labute approximate surface area is 212 Å². The van der Waals surface area contributed by atoms with Crippen molar-refractivity contribution in [2.45, 2.75) is 19.9 Å². The topological polar surface area (TPSA) is 92.4 Å². The Balaban J connectivity index is 1.57. The molecular weight excluding hydrogens is 460 g/mol. The van der Waals surface area contributed by atoms with Crippen molar-refractivity contribution < 1.29 is 23.8 Å². The van der Waals surface area contributed by atoms with Gasteiger partial charge in [-0.05, 0) is 32.0 Å². The van der Waals surface area contributed by atoms with E-state index in [1.54, 1.807) is 14.0 Å². The molecule has 1 atom stereocenters. The summed E-state index contributed by atoms with van der Waals surface area (Å²) in [5.74, 6) is 1.00. The Kier molecular flexibility index (Phi) is 8.32. The molecule has 0 bridgehead atoms. The highest BCUT2D eigenvalue weighted by molar-refractivity contribution is 5.95. The summed E-state index contributed by atoms with van der Waals surface area (Å²) in [6.45, 7) is 8.00. The van der Waals surface area contributed by atoms with Crippen LogP contribution in [0.1, 0.15) is 25.5 Å². The first-order chi connectivity index (χ1) is 17.5. The number of rotatable bonds is 9. The molecule has 2 heterocycles. The molecule has 0 unspecified atom stereocenters. The average molecular weight is 495 g/mol. The Bertz CT molecular complexity index is 1110. The maximum Gasteiger partial charge on any atom is 0.338 e. The van der Waals surface area contributed by atoms with Gasteiger partial charge in [0, 0.05) is 55.7 Å². The molecule has 9 nitrogen and oxygen atoms in total. The summed E-state index contributed by atoms with van der Waals surface area (Å²) in [6.07, 6.45) is 0. The molecule has 0 spiro atoms. The highest BCUT2D eigenvalue weighted by Crippen LogP contribution is 2.34. The molecule has 1 saturated heterocycles. The van der Waals surface area contributed by atoms with Gasteiger partial charge < -0.3 is 29.7 Å². The number of ether oxygens (including phenoxy) is 3. The summed E-state index contributed by atoms with van der Waals surface area (Å²) >= 11 is 0. The van der Waals surface area contributed by atoms with Gasteiger partial charge in [-0.3, -0.25) is 4.90 Å². The maximum atomic E-state index is 13.2. The van der Waals surface area contributed by atoms with Crippen LogP contribution in [0.25, 0.3) is 0 Å². The minimum atomic E-state index is -0.673. The fourth-order valence-corrected chi connectivity index (χ4v) is 4.63. The van der Waals surface area contributed by atoms with E-state index in [0.29, 0.717) is 30.2 Å². The van der Waals surface area contributed by atoms with Crippen LogP contribution in [0.5, 0.6) is 11.5 Å². The minimum absolute atomic E-state index is 0.239. The van der Waals surface area contributed by atoms with E-state index < -0.39 is 12.0 Å². The number of carbonyl (C=O) groups excluding carboxylic acids is 2. The molecule has 1 fully saturated rings. The van der Waals surface area contributed by atoms with Crippen LogP contribution >= 0.6 is 0 Å². The van der Waals surface area contributed by atoms with Crippen LogP contribution in [0, 0.1) is 0 Å². The lowest BCUT2D eigenvalue weighted by molar-refractivity contribution is -0.139. The number of anilines is 1. The molecular formula is C27H34N4O5. The highest BCUT2D eigenvalue weighted by atomic mass is 16.5. The van der Waals surface area contributed by atoms with E-state index in [-0.39, 0.29) is 12.6 Å². The summed E-state index contributed by atoms with van der Waals surface area (Å²) < 4.78 is 16.6. The van der Waals surface area contributed by atoms with Crippen LogP contribution < -0.4 is 25.0 Å². The smallest absolute Gasteiger partial charge is 0.338 e. The zero-order valence-corrected chi connectivity index (χ0v) is 21.1. The van der Waals surface area contributed by atoms with E-state index in [9.17, 15) is 9.59 Å². The number of amides is 2. The molecule has 0 aliphatic carbocycles. The molecule has 0 saturated carbocycles. The summed E-state index contributed by atoms with van der Waals surface area (Å²) in [5, 5.41) is 5.78. The Morgan fingerprint density at radius 1 is 1.03 bits per heavy atom. The van der Waals surface area contributed by atoms with Crippen LogP contribution in [-0.2, 0) is 9.53 Å². The molecule has 2 aliphatic heterocycles. The monoisotopic (exact) mass is 494 g/mol. The third-order valence-electron chi connectivity index (χ3n) is 6.35. The van der Waals surface area contributed by atoms with Crippen molar-refractivity contribution in [2.75, 3.05) is 57.9 Å². The zero-order chi connectivity index (χ0) is 25.5. The van der Waals surface area contributed by atoms with E-state index >= 15 is 0 Å². The number of carbonyl (C=O) groups is 2. The molecule has 2 N–H and O–H groups in total. The van der Waals surface area contributed by atoms with Gasteiger partial charge in [0.25, 0.3) is 0 Å². The number of piperazine rings is 1. The van der Waals surface area contributed by atoms with Crippen molar-refractivity contribution in [1.29, 1.82) is 0 Å². The molecule has 192 valence electrons. The number of methoxy groups -OCH3 is 1. The number of nitrogens with zero attached hydrogens (tertiary/aromatic N) is 2. The number of para-hydroxylation sites is 1. The lowest BCUT2D eigenvalue weighted by Gasteiger charge is -2.38. The molecule has 2 aliphatic rings. The van der Waals surface area contributed by atoms with Crippen molar-refractivity contribution in [3.63, 3.8) is 0 Å². The lowest BCUT2D eigenvalue weighted by atomic mass is 9.94. The standard InChI is InChI=1S/C27H34N4O5/c1-4-35-23-12-7-6-11-21(23)25-24(26(32)36-5-2)22(28-27(33)29-25)18-30-13-15-31(16-14-30)19-9-8-10-20(17-19)34-3/h6-12,17,25H,4-5,13-16,18H2,1-3H3,(H2,28,29,33)/t25-/m0/s1. The van der Waals surface area contributed by atoms with E-state index in [1.807, 2.05) is 49.4 Å². The highest BCUT2D eigenvalue weighted by Gasteiger charge is 2.36. The minimum Gasteiger partial charge on any atom is -0.497 e. The average Bonchev–Trinajstić information content (AvgIpc) is 2.89. The molecule has 36 heavy (non-hydrogen) atoms. The summed E-state index contributed by atoms with van der Waals surface area (Å²) in [4.78, 5) is 30.4. The first-order valence-corrected chi connectivity index (χ1v) is 12.3. The number of nitrogens with one attached hydrogen (secondary N) is 2. The van der Waals surface area contributed by atoms with Crippen molar-refractivity contribution in [2.24, 2.45) is 0 Å². The molecule has 4 rings (SSSR count). The first kappa shape index (κ1) is 25.4. The quantitative estimate of drug-likeness (QED) is 0.518. The second kappa shape index (κ2) is 11.8. The van der Waals surface area contributed by atoms with Crippen LogP contribution in [0.2, 0.25) is 0 Å². The molecule has 0 radical (unpaired) electrons. The van der Waals surface area contributed by atoms with Crippen molar-refractivity contribution in [3.05, 3.63) is 65.4 Å². The number of urea groups is 1. The molecule has 0 aromatic heterocycles. The number of hydrogen-bond donors (Lipinski definition) is 2. The van der Waals surface area contributed by atoms with Crippen LogP contribution in [0.15, 0.2) is 59.8 Å². The lowest BCUT2D eigenvalue weighted by Crippen LogP contribution is -2.51. The summed E-state index contributed by atoms with van der Waals surface area (Å²) in [5.41, 5.74) is 2.79. The van der Waals surface area contributed by atoms with E-state index in [1.165, 1.54) is 0 Å². The Hall–Kier alpha value is -3.72. The second-order valence-electron chi connectivity index (χ2n) is 8.58. The van der Waals surface area contributed by atoms with Crippen LogP contribution in [0.4, 0.5) is 10.5 Å². The fraction of sp³-hybridized carbons (Fsp3) is 0.407. The maximum absolute atomic E-state index is 13.2. The normalized spacial score (nSPS) is 18.4. The molecule has 2 aromatic carbocycles. The van der Waals surface area contributed by atoms with Crippen molar-refractivity contribution in [1.82, 2.24) is 15.5 Å². The SMILES string of the molecule is CCOC(=O)C1=C(CN2CCN(c3cccc(OC)c3)CC2)NC(=O)N[C@H]1c1ccccc1OCC. The zero-order valence-electron chi connectivity index (χ0n) is 21.1. The molecule has 9 heteroatoms. The predicted octanol–water partition coefficient (Wildman–Crippen LogP) is 3.09. The van der Waals surface area contributed by atoms with Gasteiger partial charge in [0.05, 0.1) is 31.9 Å². The van der Waals surface area contributed by atoms with Gasteiger partial charge in [-0.1, -0.05) is 24.3 Å². The summed E-state index contributed by atoms with van der Waals surface area (Å²) in [6, 6.07) is 14.4. The van der Waals surface area contributed by atoms with Gasteiger partial charge in [-0.15, -0.1) is 0 Å².